The number of halogens is 2. The van der Waals surface area contributed by atoms with E-state index in [1.807, 2.05) is 0 Å². The molecular formula is C20H16F2N2O3S. The fraction of sp³-hybridized carbons (Fsp3) is 0.0500. The summed E-state index contributed by atoms with van der Waals surface area (Å²) in [4.78, 5) is 12.2. The van der Waals surface area contributed by atoms with Crippen LogP contribution in [0, 0.1) is 11.6 Å². The fourth-order valence-corrected chi connectivity index (χ4v) is 3.80. The molecule has 0 aromatic heterocycles. The molecule has 1 N–H and O–H groups in total. The van der Waals surface area contributed by atoms with Gasteiger partial charge in [0.15, 0.2) is 0 Å². The first-order valence-corrected chi connectivity index (χ1v) is 9.63. The number of amides is 1. The van der Waals surface area contributed by atoms with Crippen molar-refractivity contribution >= 4 is 27.3 Å². The first kappa shape index (κ1) is 19.5. The third kappa shape index (κ3) is 4.17. The van der Waals surface area contributed by atoms with E-state index in [1.165, 1.54) is 31.3 Å². The number of hydrogen-bond acceptors (Lipinski definition) is 3. The van der Waals surface area contributed by atoms with Gasteiger partial charge in [0, 0.05) is 24.4 Å². The molecule has 3 rings (SSSR count). The molecule has 5 nitrogen and oxygen atoms in total. The van der Waals surface area contributed by atoms with Crippen molar-refractivity contribution in [3.05, 3.63) is 90.0 Å². The zero-order valence-electron chi connectivity index (χ0n) is 14.8. The highest BCUT2D eigenvalue weighted by Gasteiger charge is 2.21. The molecule has 0 saturated heterocycles. The summed E-state index contributed by atoms with van der Waals surface area (Å²) in [6.07, 6.45) is 0. The van der Waals surface area contributed by atoms with E-state index >= 15 is 0 Å². The van der Waals surface area contributed by atoms with Gasteiger partial charge in [-0.3, -0.25) is 9.10 Å². The predicted molar refractivity (Wildman–Crippen MR) is 103 cm³/mol. The van der Waals surface area contributed by atoms with E-state index in [0.29, 0.717) is 11.8 Å². The Morgan fingerprint density at radius 2 is 1.54 bits per heavy atom. The first-order valence-electron chi connectivity index (χ1n) is 8.19. The van der Waals surface area contributed by atoms with Crippen LogP contribution in [-0.4, -0.2) is 21.4 Å². The molecule has 3 aromatic carbocycles. The van der Waals surface area contributed by atoms with Crippen LogP contribution in [0.3, 0.4) is 0 Å². The van der Waals surface area contributed by atoms with E-state index in [4.69, 9.17) is 0 Å². The van der Waals surface area contributed by atoms with Crippen molar-refractivity contribution in [1.29, 1.82) is 0 Å². The molecule has 0 radical (unpaired) electrons. The monoisotopic (exact) mass is 402 g/mol. The van der Waals surface area contributed by atoms with E-state index in [9.17, 15) is 22.0 Å². The van der Waals surface area contributed by atoms with Gasteiger partial charge in [-0.15, -0.1) is 0 Å². The van der Waals surface area contributed by atoms with Crippen LogP contribution in [0.15, 0.2) is 77.7 Å². The molecule has 0 heterocycles. The molecule has 0 bridgehead atoms. The lowest BCUT2D eigenvalue weighted by Gasteiger charge is -2.19. The van der Waals surface area contributed by atoms with Crippen molar-refractivity contribution in [2.45, 2.75) is 4.90 Å². The summed E-state index contributed by atoms with van der Waals surface area (Å²) in [5, 5.41) is 2.45. The third-order valence-corrected chi connectivity index (χ3v) is 5.78. The molecule has 0 aliphatic carbocycles. The molecule has 28 heavy (non-hydrogen) atoms. The Hall–Kier alpha value is -3.26. The number of para-hydroxylation sites is 1. The summed E-state index contributed by atoms with van der Waals surface area (Å²) < 4.78 is 53.4. The van der Waals surface area contributed by atoms with Gasteiger partial charge in [0.2, 0.25) is 0 Å². The molecule has 0 spiro atoms. The van der Waals surface area contributed by atoms with Gasteiger partial charge in [0.1, 0.15) is 11.6 Å². The van der Waals surface area contributed by atoms with E-state index in [1.54, 1.807) is 30.3 Å². The maximum atomic E-state index is 13.3. The van der Waals surface area contributed by atoms with Crippen molar-refractivity contribution < 1.29 is 22.0 Å². The van der Waals surface area contributed by atoms with Crippen LogP contribution in [0.4, 0.5) is 20.2 Å². The summed E-state index contributed by atoms with van der Waals surface area (Å²) in [6.45, 7) is 0. The van der Waals surface area contributed by atoms with E-state index in [2.05, 4.69) is 5.32 Å². The molecule has 0 saturated carbocycles. The highest BCUT2D eigenvalue weighted by Crippen LogP contribution is 2.24. The molecule has 0 aliphatic rings. The van der Waals surface area contributed by atoms with Gasteiger partial charge in [0.05, 0.1) is 10.6 Å². The van der Waals surface area contributed by atoms with Crippen molar-refractivity contribution in [1.82, 2.24) is 0 Å². The topological polar surface area (TPSA) is 66.5 Å². The van der Waals surface area contributed by atoms with E-state index < -0.39 is 27.6 Å². The van der Waals surface area contributed by atoms with Crippen LogP contribution in [0.1, 0.15) is 10.4 Å². The largest absolute Gasteiger partial charge is 0.322 e. The lowest BCUT2D eigenvalue weighted by Crippen LogP contribution is -2.26. The van der Waals surface area contributed by atoms with Crippen LogP contribution in [0.5, 0.6) is 0 Å². The zero-order valence-corrected chi connectivity index (χ0v) is 15.6. The minimum atomic E-state index is -3.87. The predicted octanol–water partition coefficient (Wildman–Crippen LogP) is 4.04. The minimum Gasteiger partial charge on any atom is -0.322 e. The number of rotatable bonds is 5. The highest BCUT2D eigenvalue weighted by molar-refractivity contribution is 7.92. The first-order chi connectivity index (χ1) is 13.3. The van der Waals surface area contributed by atoms with Crippen LogP contribution >= 0.6 is 0 Å². The molecule has 144 valence electrons. The Kier molecular flexibility index (Phi) is 5.41. The Morgan fingerprint density at radius 1 is 0.893 bits per heavy atom. The minimum absolute atomic E-state index is 0.0397. The highest BCUT2D eigenvalue weighted by atomic mass is 32.2. The van der Waals surface area contributed by atoms with Crippen LogP contribution in [-0.2, 0) is 10.0 Å². The van der Waals surface area contributed by atoms with Crippen molar-refractivity contribution in [3.63, 3.8) is 0 Å². The molecular weight excluding hydrogens is 386 g/mol. The second-order valence-corrected chi connectivity index (χ2v) is 7.92. The summed E-state index contributed by atoms with van der Waals surface area (Å²) >= 11 is 0. The van der Waals surface area contributed by atoms with Gasteiger partial charge in [-0.1, -0.05) is 24.3 Å². The Bertz CT molecular complexity index is 1100. The quantitative estimate of drug-likeness (QED) is 0.700. The van der Waals surface area contributed by atoms with Gasteiger partial charge in [-0.05, 0) is 42.5 Å². The lowest BCUT2D eigenvalue weighted by molar-refractivity contribution is 0.102. The Labute approximate surface area is 161 Å². The molecule has 0 unspecified atom stereocenters. The number of nitrogens with zero attached hydrogens (tertiary/aromatic N) is 1. The van der Waals surface area contributed by atoms with Gasteiger partial charge >= 0.3 is 0 Å². The number of carbonyl (C=O) groups is 1. The number of nitrogens with one attached hydrogen (secondary N) is 1. The van der Waals surface area contributed by atoms with Crippen molar-refractivity contribution in [2.24, 2.45) is 0 Å². The number of anilines is 2. The van der Waals surface area contributed by atoms with E-state index in [-0.39, 0.29) is 16.1 Å². The van der Waals surface area contributed by atoms with Gasteiger partial charge in [0.25, 0.3) is 15.9 Å². The molecule has 0 atom stereocenters. The second kappa shape index (κ2) is 7.77. The smallest absolute Gasteiger partial charge is 0.264 e. The SMILES string of the molecule is CN(c1ccccc1)S(=O)(=O)c1cccc(NC(=O)c2cc(F)cc(F)c2)c1. The summed E-state index contributed by atoms with van der Waals surface area (Å²) in [5.41, 5.74) is 0.441. The summed E-state index contributed by atoms with van der Waals surface area (Å²) in [6, 6.07) is 16.6. The second-order valence-electron chi connectivity index (χ2n) is 5.95. The van der Waals surface area contributed by atoms with Crippen LogP contribution in [0.25, 0.3) is 0 Å². The zero-order chi connectivity index (χ0) is 20.3. The summed E-state index contributed by atoms with van der Waals surface area (Å²) in [7, 11) is -2.44. The van der Waals surface area contributed by atoms with Gasteiger partial charge in [-0.2, -0.15) is 0 Å². The van der Waals surface area contributed by atoms with Gasteiger partial charge in [-0.25, -0.2) is 17.2 Å². The lowest BCUT2D eigenvalue weighted by atomic mass is 10.2. The maximum absolute atomic E-state index is 13.3. The average molecular weight is 402 g/mol. The van der Waals surface area contributed by atoms with Gasteiger partial charge < -0.3 is 5.32 Å². The number of sulfonamides is 1. The average Bonchev–Trinajstić information content (AvgIpc) is 2.67. The molecule has 0 fully saturated rings. The third-order valence-electron chi connectivity index (χ3n) is 3.99. The Morgan fingerprint density at radius 3 is 2.18 bits per heavy atom. The molecule has 0 aliphatic heterocycles. The number of benzene rings is 3. The van der Waals surface area contributed by atoms with E-state index in [0.717, 1.165) is 16.4 Å². The molecule has 1 amide bonds. The summed E-state index contributed by atoms with van der Waals surface area (Å²) in [5.74, 6) is -2.53. The number of carbonyl (C=O) groups excluding carboxylic acids is 1. The normalized spacial score (nSPS) is 11.1. The van der Waals surface area contributed by atoms with Crippen LogP contribution in [0.2, 0.25) is 0 Å². The standard InChI is InChI=1S/C20H16F2N2O3S/c1-24(18-7-3-2-4-8-18)28(26,27)19-9-5-6-17(13-19)23-20(25)14-10-15(21)12-16(22)11-14/h2-13H,1H3,(H,23,25). The molecule has 3 aromatic rings. The van der Waals surface area contributed by atoms with Crippen molar-refractivity contribution in [3.8, 4) is 0 Å². The van der Waals surface area contributed by atoms with Crippen molar-refractivity contribution in [2.75, 3.05) is 16.7 Å². The number of hydrogen-bond donors (Lipinski definition) is 1. The fourth-order valence-electron chi connectivity index (χ4n) is 2.56. The Balaban J connectivity index is 1.86. The van der Waals surface area contributed by atoms with Crippen LogP contribution < -0.4 is 9.62 Å². The molecule has 8 heteroatoms. The maximum Gasteiger partial charge on any atom is 0.264 e.